The molecule has 0 amide bonds. The number of rotatable bonds is 4. The second kappa shape index (κ2) is 6.52. The predicted molar refractivity (Wildman–Crippen MR) is 92.0 cm³/mol. The molecule has 0 atom stereocenters. The molecule has 0 bridgehead atoms. The smallest absolute Gasteiger partial charge is 0.213 e. The van der Waals surface area contributed by atoms with Crippen LogP contribution in [0.25, 0.3) is 16.5 Å². The highest BCUT2D eigenvalue weighted by Gasteiger charge is 2.13. The highest BCUT2D eigenvalue weighted by molar-refractivity contribution is 7.16. The van der Waals surface area contributed by atoms with Gasteiger partial charge >= 0.3 is 0 Å². The molecule has 0 unspecified atom stereocenters. The first-order chi connectivity index (χ1) is 10.8. The van der Waals surface area contributed by atoms with Crippen molar-refractivity contribution in [2.24, 2.45) is 0 Å². The summed E-state index contributed by atoms with van der Waals surface area (Å²) in [5.74, 6) is -0.216. The van der Waals surface area contributed by atoms with Gasteiger partial charge in [-0.25, -0.2) is 0 Å². The molecular weight excluding hydrogens is 310 g/mol. The molecule has 0 fully saturated rings. The van der Waals surface area contributed by atoms with Gasteiger partial charge in [0, 0.05) is 9.75 Å². The van der Waals surface area contributed by atoms with E-state index in [1.165, 1.54) is 11.3 Å². The lowest BCUT2D eigenvalue weighted by molar-refractivity contribution is 0.104. The second-order valence-corrected chi connectivity index (χ2v) is 6.61. The van der Waals surface area contributed by atoms with Gasteiger partial charge in [0.05, 0.1) is 4.88 Å². The minimum absolute atomic E-state index is 0.170. The van der Waals surface area contributed by atoms with Crippen LogP contribution in [0.5, 0.6) is 0 Å². The van der Waals surface area contributed by atoms with Crippen molar-refractivity contribution in [3.63, 3.8) is 0 Å². The number of carbonyl (C=O) groups is 1. The Balaban J connectivity index is 1.90. The molecule has 0 aliphatic rings. The Morgan fingerprint density at radius 3 is 2.55 bits per heavy atom. The third-order valence-electron chi connectivity index (χ3n) is 3.08. The number of thiophene rings is 2. The van der Waals surface area contributed by atoms with E-state index in [-0.39, 0.29) is 11.4 Å². The van der Waals surface area contributed by atoms with Crippen LogP contribution in [0.3, 0.4) is 0 Å². The third-order valence-corrected chi connectivity index (χ3v) is 5.03. The summed E-state index contributed by atoms with van der Waals surface area (Å²) in [4.78, 5) is 14.9. The van der Waals surface area contributed by atoms with E-state index in [4.69, 9.17) is 0 Å². The number of ketones is 1. The van der Waals surface area contributed by atoms with E-state index >= 15 is 0 Å². The number of benzene rings is 1. The van der Waals surface area contributed by atoms with Crippen molar-refractivity contribution in [3.8, 4) is 16.5 Å². The van der Waals surface area contributed by atoms with Crippen molar-refractivity contribution in [3.05, 3.63) is 75.3 Å². The zero-order valence-corrected chi connectivity index (χ0v) is 13.2. The normalized spacial score (nSPS) is 11.1. The van der Waals surface area contributed by atoms with E-state index in [1.807, 2.05) is 60.0 Å². The van der Waals surface area contributed by atoms with Crippen LogP contribution in [0.2, 0.25) is 0 Å². The molecular formula is C18H11NOS2. The predicted octanol–water partition coefficient (Wildman–Crippen LogP) is 5.27. The number of hydrogen-bond acceptors (Lipinski definition) is 4. The first-order valence-corrected chi connectivity index (χ1v) is 8.33. The first-order valence-electron chi connectivity index (χ1n) is 6.63. The Morgan fingerprint density at radius 2 is 1.86 bits per heavy atom. The number of nitrogens with zero attached hydrogens (tertiary/aromatic N) is 1. The molecule has 0 aliphatic heterocycles. The van der Waals surface area contributed by atoms with Crippen molar-refractivity contribution in [2.75, 3.05) is 0 Å². The fraction of sp³-hybridized carbons (Fsp3) is 0. The lowest BCUT2D eigenvalue weighted by Crippen LogP contribution is -1.98. The molecule has 3 rings (SSSR count). The van der Waals surface area contributed by atoms with E-state index in [0.717, 1.165) is 15.3 Å². The Hall–Kier alpha value is -2.48. The summed E-state index contributed by atoms with van der Waals surface area (Å²) < 4.78 is 0. The minimum Gasteiger partial charge on any atom is -0.287 e. The van der Waals surface area contributed by atoms with Gasteiger partial charge in [-0.15, -0.1) is 22.7 Å². The van der Waals surface area contributed by atoms with Crippen LogP contribution < -0.4 is 0 Å². The van der Waals surface area contributed by atoms with Crippen LogP contribution in [0.1, 0.15) is 14.5 Å². The highest BCUT2D eigenvalue weighted by Crippen LogP contribution is 2.29. The average molecular weight is 321 g/mol. The monoisotopic (exact) mass is 321 g/mol. The molecule has 4 heteroatoms. The number of carbonyl (C=O) groups excluding carboxylic acids is 1. The third kappa shape index (κ3) is 3.06. The Bertz CT molecular complexity index is 852. The summed E-state index contributed by atoms with van der Waals surface area (Å²) in [6, 6.07) is 19.6. The van der Waals surface area contributed by atoms with E-state index < -0.39 is 0 Å². The quantitative estimate of drug-likeness (QED) is 0.373. The molecule has 22 heavy (non-hydrogen) atoms. The SMILES string of the molecule is N#C/C(=C\c1ccc(-c2ccccc2)s1)C(=O)c1cccs1. The number of nitriles is 1. The summed E-state index contributed by atoms with van der Waals surface area (Å²) >= 11 is 2.92. The van der Waals surface area contributed by atoms with Crippen LogP contribution in [0.15, 0.2) is 65.6 Å². The van der Waals surface area contributed by atoms with Crippen molar-refractivity contribution >= 4 is 34.5 Å². The molecule has 0 radical (unpaired) electrons. The van der Waals surface area contributed by atoms with E-state index in [9.17, 15) is 10.1 Å². The second-order valence-electron chi connectivity index (χ2n) is 4.54. The van der Waals surface area contributed by atoms with Crippen molar-refractivity contribution < 1.29 is 4.79 Å². The van der Waals surface area contributed by atoms with Crippen LogP contribution in [-0.2, 0) is 0 Å². The van der Waals surface area contributed by atoms with Crippen molar-refractivity contribution in [1.29, 1.82) is 5.26 Å². The molecule has 2 nitrogen and oxygen atoms in total. The van der Waals surface area contributed by atoms with Gasteiger partial charge in [0.25, 0.3) is 0 Å². The van der Waals surface area contributed by atoms with Gasteiger partial charge in [-0.2, -0.15) is 5.26 Å². The van der Waals surface area contributed by atoms with Crippen molar-refractivity contribution in [1.82, 2.24) is 0 Å². The number of Topliss-reactive ketones (excluding diaryl/α,β-unsaturated/α-hetero) is 1. The topological polar surface area (TPSA) is 40.9 Å². The van der Waals surface area contributed by atoms with Gasteiger partial charge in [0.1, 0.15) is 11.6 Å². The standard InChI is InChI=1S/C18H11NOS2/c19-12-14(18(20)17-7-4-10-21-17)11-15-8-9-16(22-15)13-5-2-1-3-6-13/h1-11H/b14-11+. The Labute approximate surface area is 136 Å². The van der Waals surface area contributed by atoms with Gasteiger partial charge in [-0.1, -0.05) is 36.4 Å². The van der Waals surface area contributed by atoms with E-state index in [0.29, 0.717) is 4.88 Å². The minimum atomic E-state index is -0.216. The number of allylic oxidation sites excluding steroid dienone is 1. The molecule has 0 N–H and O–H groups in total. The molecule has 106 valence electrons. The van der Waals surface area contributed by atoms with Gasteiger partial charge in [-0.05, 0) is 35.2 Å². The summed E-state index contributed by atoms with van der Waals surface area (Å²) in [7, 11) is 0. The van der Waals surface area contributed by atoms with Crippen LogP contribution in [0, 0.1) is 11.3 Å². The summed E-state index contributed by atoms with van der Waals surface area (Å²) in [6.45, 7) is 0. The maximum absolute atomic E-state index is 12.2. The Kier molecular flexibility index (Phi) is 4.29. The molecule has 0 saturated heterocycles. The van der Waals surface area contributed by atoms with Crippen LogP contribution in [-0.4, -0.2) is 5.78 Å². The zero-order valence-electron chi connectivity index (χ0n) is 11.5. The fourth-order valence-electron chi connectivity index (χ4n) is 2.02. The summed E-state index contributed by atoms with van der Waals surface area (Å²) in [5.41, 5.74) is 1.30. The molecule has 0 spiro atoms. The summed E-state index contributed by atoms with van der Waals surface area (Å²) in [6.07, 6.45) is 1.67. The maximum Gasteiger partial charge on any atom is 0.213 e. The Morgan fingerprint density at radius 1 is 1.05 bits per heavy atom. The number of hydrogen-bond donors (Lipinski definition) is 0. The van der Waals surface area contributed by atoms with Crippen LogP contribution in [0.4, 0.5) is 0 Å². The maximum atomic E-state index is 12.2. The highest BCUT2D eigenvalue weighted by atomic mass is 32.1. The van der Waals surface area contributed by atoms with Gasteiger partial charge in [-0.3, -0.25) is 4.79 Å². The zero-order chi connectivity index (χ0) is 15.4. The lowest BCUT2D eigenvalue weighted by Gasteiger charge is -1.95. The van der Waals surface area contributed by atoms with Gasteiger partial charge in [0.2, 0.25) is 5.78 Å². The average Bonchev–Trinajstić information content (AvgIpc) is 3.24. The van der Waals surface area contributed by atoms with Gasteiger partial charge < -0.3 is 0 Å². The van der Waals surface area contributed by atoms with Gasteiger partial charge in [0.15, 0.2) is 0 Å². The molecule has 1 aromatic carbocycles. The summed E-state index contributed by atoms with van der Waals surface area (Å²) in [5, 5.41) is 11.1. The molecule has 0 aliphatic carbocycles. The molecule has 2 heterocycles. The fourth-order valence-corrected chi connectivity index (χ4v) is 3.65. The van der Waals surface area contributed by atoms with E-state index in [1.54, 1.807) is 23.5 Å². The van der Waals surface area contributed by atoms with Crippen molar-refractivity contribution in [2.45, 2.75) is 0 Å². The molecule has 3 aromatic rings. The van der Waals surface area contributed by atoms with E-state index in [2.05, 4.69) is 0 Å². The van der Waals surface area contributed by atoms with Crippen LogP contribution >= 0.6 is 22.7 Å². The largest absolute Gasteiger partial charge is 0.287 e. The lowest BCUT2D eigenvalue weighted by atomic mass is 10.1. The molecule has 2 aromatic heterocycles. The molecule has 0 saturated carbocycles. The first kappa shape index (κ1) is 14.5.